The highest BCUT2D eigenvalue weighted by Crippen LogP contribution is 2.40. The van der Waals surface area contributed by atoms with Gasteiger partial charge in [0.25, 0.3) is 11.5 Å². The SMILES string of the molecule is Cc1cc(-c2cc(Cl)ccc2OCCn2c(C)nc3cc(C(F)(F)F)c(C(=O)N(C)C)c(C#N)c3c2=O)c2scc(C(=O)O)c2n1. The van der Waals surface area contributed by atoms with E-state index in [0.717, 1.165) is 9.47 Å². The Morgan fingerprint density at radius 3 is 2.50 bits per heavy atom. The Bertz CT molecular complexity index is 2190. The zero-order valence-electron chi connectivity index (χ0n) is 24.6. The quantitative estimate of drug-likeness (QED) is 0.213. The summed E-state index contributed by atoms with van der Waals surface area (Å²) in [5.74, 6) is -1.78. The van der Waals surface area contributed by atoms with E-state index in [1.54, 1.807) is 37.3 Å². The monoisotopic (exact) mass is 669 g/mol. The molecule has 0 saturated heterocycles. The highest BCUT2D eigenvalue weighted by Gasteiger charge is 2.39. The van der Waals surface area contributed by atoms with Gasteiger partial charge in [0, 0.05) is 41.3 Å². The predicted octanol–water partition coefficient (Wildman–Crippen LogP) is 6.31. The van der Waals surface area contributed by atoms with Crippen LogP contribution in [0.1, 0.15) is 43.4 Å². The summed E-state index contributed by atoms with van der Waals surface area (Å²) in [6.45, 7) is 2.92. The lowest BCUT2D eigenvalue weighted by Crippen LogP contribution is -2.30. The lowest BCUT2D eigenvalue weighted by molar-refractivity contribution is -0.137. The molecule has 2 aromatic carbocycles. The number of thiophene rings is 1. The molecule has 0 saturated carbocycles. The van der Waals surface area contributed by atoms with Crippen LogP contribution in [-0.4, -0.2) is 57.1 Å². The number of hydrogen-bond donors (Lipinski definition) is 1. The van der Waals surface area contributed by atoms with Crippen molar-refractivity contribution in [2.75, 3.05) is 20.7 Å². The molecule has 1 N–H and O–H groups in total. The number of pyridine rings is 1. The molecule has 0 aliphatic carbocycles. The van der Waals surface area contributed by atoms with Crippen molar-refractivity contribution < 1.29 is 32.6 Å². The first-order chi connectivity index (χ1) is 21.6. The molecule has 5 aromatic rings. The minimum atomic E-state index is -4.99. The molecule has 46 heavy (non-hydrogen) atoms. The second-order valence-corrected chi connectivity index (χ2v) is 11.7. The van der Waals surface area contributed by atoms with Crippen molar-refractivity contribution in [3.8, 4) is 22.9 Å². The van der Waals surface area contributed by atoms with Crippen molar-refractivity contribution in [3.63, 3.8) is 0 Å². The van der Waals surface area contributed by atoms with E-state index in [1.807, 2.05) is 0 Å². The van der Waals surface area contributed by atoms with Crippen LogP contribution in [0.15, 0.2) is 40.5 Å². The van der Waals surface area contributed by atoms with E-state index in [2.05, 4.69) is 9.97 Å². The number of aryl methyl sites for hydroxylation is 2. The Kier molecular flexibility index (Phi) is 8.50. The number of alkyl halides is 3. The number of aromatic nitrogens is 3. The number of benzene rings is 2. The van der Waals surface area contributed by atoms with Gasteiger partial charge in [0.05, 0.1) is 49.9 Å². The van der Waals surface area contributed by atoms with Crippen LogP contribution in [0.3, 0.4) is 0 Å². The Morgan fingerprint density at radius 1 is 1.15 bits per heavy atom. The van der Waals surface area contributed by atoms with E-state index in [9.17, 15) is 37.9 Å². The molecule has 0 bridgehead atoms. The third-order valence-corrected chi connectivity index (χ3v) is 8.40. The van der Waals surface area contributed by atoms with E-state index in [0.29, 0.717) is 43.9 Å². The number of rotatable bonds is 7. The number of hydrogen-bond acceptors (Lipinski definition) is 8. The van der Waals surface area contributed by atoms with E-state index in [-0.39, 0.29) is 30.1 Å². The minimum Gasteiger partial charge on any atom is -0.491 e. The summed E-state index contributed by atoms with van der Waals surface area (Å²) < 4.78 is 49.8. The molecule has 0 fully saturated rings. The first-order valence-corrected chi connectivity index (χ1v) is 14.7. The molecule has 15 heteroatoms. The third-order valence-electron chi connectivity index (χ3n) is 7.16. The molecule has 0 atom stereocenters. The Morgan fingerprint density at radius 2 is 1.87 bits per heavy atom. The summed E-state index contributed by atoms with van der Waals surface area (Å²) >= 11 is 7.53. The van der Waals surface area contributed by atoms with Crippen molar-refractivity contribution in [2.45, 2.75) is 26.6 Å². The fourth-order valence-electron chi connectivity index (χ4n) is 5.11. The second kappa shape index (κ2) is 12.1. The molecule has 3 aromatic heterocycles. The van der Waals surface area contributed by atoms with Crippen molar-refractivity contribution in [3.05, 3.63) is 84.9 Å². The number of fused-ring (bicyclic) bond motifs is 2. The average molecular weight is 670 g/mol. The predicted molar refractivity (Wildman–Crippen MR) is 166 cm³/mol. The Hall–Kier alpha value is -5.00. The topological polar surface area (TPSA) is 138 Å². The number of nitrogens with zero attached hydrogens (tertiary/aromatic N) is 5. The molecule has 0 unspecified atom stereocenters. The molecular weight excluding hydrogens is 647 g/mol. The molecular formula is C31H23ClF3N5O5S. The van der Waals surface area contributed by atoms with Gasteiger partial charge < -0.3 is 14.7 Å². The summed E-state index contributed by atoms with van der Waals surface area (Å²) in [4.78, 5) is 47.7. The lowest BCUT2D eigenvalue weighted by Gasteiger charge is -2.19. The molecule has 5 rings (SSSR count). The average Bonchev–Trinajstić information content (AvgIpc) is 3.41. The standard InChI is InChI=1S/C31H23ClF3N5O5S/c1-14-9-18(27-26(37-14)20(13-46-27)30(43)44)17-10-16(32)5-6-23(17)45-8-7-40-15(2)38-22-11-21(31(33,34)35)24(28(41)39(3)4)19(12-36)25(22)29(40)42/h5-6,9-11,13H,7-8H2,1-4H3,(H,43,44). The highest BCUT2D eigenvalue weighted by molar-refractivity contribution is 7.18. The first-order valence-electron chi connectivity index (χ1n) is 13.5. The summed E-state index contributed by atoms with van der Waals surface area (Å²) in [6, 6.07) is 8.88. The van der Waals surface area contributed by atoms with Gasteiger partial charge in [-0.15, -0.1) is 11.3 Å². The number of carbonyl (C=O) groups is 2. The van der Waals surface area contributed by atoms with Crippen molar-refractivity contribution >= 4 is 55.9 Å². The number of nitriles is 1. The van der Waals surface area contributed by atoms with Gasteiger partial charge in [-0.2, -0.15) is 18.4 Å². The van der Waals surface area contributed by atoms with Crippen LogP contribution in [0.4, 0.5) is 13.2 Å². The number of halogens is 4. The molecule has 0 aliphatic heterocycles. The molecule has 3 heterocycles. The fourth-order valence-corrected chi connectivity index (χ4v) is 6.29. The maximum absolute atomic E-state index is 14.0. The van der Waals surface area contributed by atoms with Gasteiger partial charge in [0.15, 0.2) is 0 Å². The lowest BCUT2D eigenvalue weighted by atomic mass is 9.96. The number of ether oxygens (including phenoxy) is 1. The van der Waals surface area contributed by atoms with E-state index >= 15 is 0 Å². The highest BCUT2D eigenvalue weighted by atomic mass is 35.5. The second-order valence-electron chi connectivity index (χ2n) is 10.4. The van der Waals surface area contributed by atoms with Gasteiger partial charge >= 0.3 is 12.1 Å². The van der Waals surface area contributed by atoms with Crippen molar-refractivity contribution in [1.82, 2.24) is 19.4 Å². The first kappa shape index (κ1) is 32.4. The fraction of sp³-hybridized carbons (Fsp3) is 0.226. The van der Waals surface area contributed by atoms with Gasteiger partial charge in [-0.05, 0) is 44.2 Å². The van der Waals surface area contributed by atoms with Crippen LogP contribution in [0, 0.1) is 25.2 Å². The molecule has 236 valence electrons. The van der Waals surface area contributed by atoms with E-state index in [4.69, 9.17) is 16.3 Å². The summed E-state index contributed by atoms with van der Waals surface area (Å²) in [5, 5.41) is 21.0. The molecule has 10 nitrogen and oxygen atoms in total. The van der Waals surface area contributed by atoms with Gasteiger partial charge in [0.1, 0.15) is 24.3 Å². The van der Waals surface area contributed by atoms with Crippen molar-refractivity contribution in [2.24, 2.45) is 0 Å². The molecule has 0 spiro atoms. The van der Waals surface area contributed by atoms with Crippen LogP contribution in [0.2, 0.25) is 5.02 Å². The van der Waals surface area contributed by atoms with Crippen LogP contribution in [-0.2, 0) is 12.7 Å². The Balaban J connectivity index is 1.57. The Labute approximate surface area is 267 Å². The minimum absolute atomic E-state index is 0.0580. The number of amides is 1. The normalized spacial score (nSPS) is 11.5. The third kappa shape index (κ3) is 5.75. The van der Waals surface area contributed by atoms with Crippen molar-refractivity contribution in [1.29, 1.82) is 5.26 Å². The summed E-state index contributed by atoms with van der Waals surface area (Å²) in [5.41, 5.74) is -2.07. The van der Waals surface area contributed by atoms with Gasteiger partial charge in [-0.3, -0.25) is 19.1 Å². The van der Waals surface area contributed by atoms with E-state index < -0.39 is 45.7 Å². The number of carboxylic acids is 1. The molecule has 1 amide bonds. The van der Waals surface area contributed by atoms with Gasteiger partial charge in [0.2, 0.25) is 0 Å². The van der Waals surface area contributed by atoms with Crippen LogP contribution >= 0.6 is 22.9 Å². The molecule has 0 radical (unpaired) electrons. The molecule has 0 aliphatic rings. The number of aromatic carboxylic acids is 1. The van der Waals surface area contributed by atoms with Crippen LogP contribution in [0.25, 0.3) is 32.2 Å². The smallest absolute Gasteiger partial charge is 0.417 e. The van der Waals surface area contributed by atoms with Crippen LogP contribution in [0.5, 0.6) is 5.75 Å². The largest absolute Gasteiger partial charge is 0.491 e. The van der Waals surface area contributed by atoms with Gasteiger partial charge in [-0.1, -0.05) is 11.6 Å². The maximum Gasteiger partial charge on any atom is 0.417 e. The maximum atomic E-state index is 14.0. The zero-order chi connectivity index (χ0) is 33.7. The zero-order valence-corrected chi connectivity index (χ0v) is 26.2. The van der Waals surface area contributed by atoms with Crippen LogP contribution < -0.4 is 10.3 Å². The number of carbonyl (C=O) groups excluding carboxylic acids is 1. The van der Waals surface area contributed by atoms with Gasteiger partial charge in [-0.25, -0.2) is 9.78 Å². The van der Waals surface area contributed by atoms with E-state index in [1.165, 1.54) is 37.7 Å². The summed E-state index contributed by atoms with van der Waals surface area (Å²) in [6.07, 6.45) is -4.99. The number of carboxylic acid groups (broad SMARTS) is 1. The summed E-state index contributed by atoms with van der Waals surface area (Å²) in [7, 11) is 2.48.